The summed E-state index contributed by atoms with van der Waals surface area (Å²) in [4.78, 5) is 26.7. The zero-order chi connectivity index (χ0) is 15.0. The van der Waals surface area contributed by atoms with Crippen molar-refractivity contribution < 1.29 is 4.79 Å². The molecular formula is C15H20N4O2. The lowest BCUT2D eigenvalue weighted by Crippen LogP contribution is -2.39. The second kappa shape index (κ2) is 5.35. The first-order valence-electron chi connectivity index (χ1n) is 7.38. The number of aromatic nitrogens is 3. The summed E-state index contributed by atoms with van der Waals surface area (Å²) in [7, 11) is 1.76. The van der Waals surface area contributed by atoms with E-state index in [1.54, 1.807) is 17.9 Å². The van der Waals surface area contributed by atoms with E-state index in [0.29, 0.717) is 5.52 Å². The van der Waals surface area contributed by atoms with Crippen LogP contribution in [-0.4, -0.2) is 38.2 Å². The maximum atomic E-state index is 12.5. The number of piperidine rings is 1. The Hall–Kier alpha value is -2.11. The molecule has 0 atom stereocenters. The number of carbonyl (C=O) groups is 1. The average Bonchev–Trinajstić information content (AvgIpc) is 2.78. The molecule has 2 aromatic heterocycles. The number of rotatable bonds is 2. The molecule has 0 spiro atoms. The SMILES string of the molecule is Cc1nn(C)c2c(=O)n(CC(=O)N3CCCCC3)ccc12. The normalized spacial score (nSPS) is 15.6. The predicted molar refractivity (Wildman–Crippen MR) is 80.1 cm³/mol. The van der Waals surface area contributed by atoms with Crippen LogP contribution in [0.25, 0.3) is 10.9 Å². The number of pyridine rings is 1. The first kappa shape index (κ1) is 13.9. The number of fused-ring (bicyclic) bond motifs is 1. The van der Waals surface area contributed by atoms with E-state index >= 15 is 0 Å². The van der Waals surface area contributed by atoms with Crippen molar-refractivity contribution in [1.82, 2.24) is 19.2 Å². The lowest BCUT2D eigenvalue weighted by atomic mass is 10.1. The summed E-state index contributed by atoms with van der Waals surface area (Å²) >= 11 is 0. The van der Waals surface area contributed by atoms with Crippen molar-refractivity contribution in [2.24, 2.45) is 7.05 Å². The van der Waals surface area contributed by atoms with Crippen LogP contribution in [0.1, 0.15) is 25.0 Å². The van der Waals surface area contributed by atoms with Crippen LogP contribution < -0.4 is 5.56 Å². The summed E-state index contributed by atoms with van der Waals surface area (Å²) in [5.41, 5.74) is 1.24. The Balaban J connectivity index is 1.90. The lowest BCUT2D eigenvalue weighted by Gasteiger charge is -2.26. The molecule has 1 amide bonds. The second-order valence-corrected chi connectivity index (χ2v) is 5.66. The Morgan fingerprint density at radius 2 is 2.00 bits per heavy atom. The van der Waals surface area contributed by atoms with Crippen molar-refractivity contribution in [2.75, 3.05) is 13.1 Å². The number of nitrogens with zero attached hydrogens (tertiary/aromatic N) is 4. The fraction of sp³-hybridized carbons (Fsp3) is 0.533. The zero-order valence-corrected chi connectivity index (χ0v) is 12.5. The molecule has 112 valence electrons. The maximum Gasteiger partial charge on any atom is 0.277 e. The molecule has 0 aliphatic carbocycles. The van der Waals surface area contributed by atoms with E-state index in [1.165, 1.54) is 11.0 Å². The number of aryl methyl sites for hydroxylation is 2. The molecule has 0 bridgehead atoms. The fourth-order valence-electron chi connectivity index (χ4n) is 3.01. The van der Waals surface area contributed by atoms with E-state index < -0.39 is 0 Å². The van der Waals surface area contributed by atoms with Crippen molar-refractivity contribution >= 4 is 16.8 Å². The van der Waals surface area contributed by atoms with Gasteiger partial charge in [-0.1, -0.05) is 0 Å². The first-order chi connectivity index (χ1) is 10.1. The Morgan fingerprint density at radius 1 is 1.29 bits per heavy atom. The van der Waals surface area contributed by atoms with Gasteiger partial charge in [0.2, 0.25) is 5.91 Å². The molecule has 2 aromatic rings. The number of carbonyl (C=O) groups excluding carboxylic acids is 1. The summed E-state index contributed by atoms with van der Waals surface area (Å²) in [6, 6.07) is 1.86. The summed E-state index contributed by atoms with van der Waals surface area (Å²) < 4.78 is 3.08. The smallest absolute Gasteiger partial charge is 0.277 e. The highest BCUT2D eigenvalue weighted by atomic mass is 16.2. The number of hydrogen-bond donors (Lipinski definition) is 0. The van der Waals surface area contributed by atoms with Gasteiger partial charge < -0.3 is 9.47 Å². The van der Waals surface area contributed by atoms with Crippen LogP contribution in [0.3, 0.4) is 0 Å². The van der Waals surface area contributed by atoms with Gasteiger partial charge in [-0.15, -0.1) is 0 Å². The van der Waals surface area contributed by atoms with Crippen LogP contribution in [0.4, 0.5) is 0 Å². The molecule has 0 saturated carbocycles. The highest BCUT2D eigenvalue weighted by Gasteiger charge is 2.18. The van der Waals surface area contributed by atoms with E-state index in [-0.39, 0.29) is 18.0 Å². The number of likely N-dealkylation sites (tertiary alicyclic amines) is 1. The van der Waals surface area contributed by atoms with Crippen molar-refractivity contribution in [3.05, 3.63) is 28.3 Å². The molecule has 0 N–H and O–H groups in total. The minimum absolute atomic E-state index is 0.0232. The molecule has 1 aliphatic heterocycles. The van der Waals surface area contributed by atoms with E-state index in [0.717, 1.165) is 37.0 Å². The van der Waals surface area contributed by atoms with Gasteiger partial charge in [0, 0.05) is 31.7 Å². The third-order valence-corrected chi connectivity index (χ3v) is 4.17. The van der Waals surface area contributed by atoms with E-state index in [4.69, 9.17) is 0 Å². The Bertz CT molecular complexity index is 738. The molecule has 1 fully saturated rings. The largest absolute Gasteiger partial charge is 0.341 e. The molecular weight excluding hydrogens is 268 g/mol. The van der Waals surface area contributed by atoms with Crippen LogP contribution >= 0.6 is 0 Å². The van der Waals surface area contributed by atoms with Gasteiger partial charge in [0.1, 0.15) is 12.1 Å². The molecule has 0 radical (unpaired) electrons. The highest BCUT2D eigenvalue weighted by molar-refractivity contribution is 5.81. The van der Waals surface area contributed by atoms with Gasteiger partial charge in [-0.3, -0.25) is 14.3 Å². The van der Waals surface area contributed by atoms with Crippen molar-refractivity contribution in [2.45, 2.75) is 32.7 Å². The van der Waals surface area contributed by atoms with Gasteiger partial charge in [0.25, 0.3) is 5.56 Å². The van der Waals surface area contributed by atoms with Crippen molar-refractivity contribution in [3.8, 4) is 0 Å². The van der Waals surface area contributed by atoms with Gasteiger partial charge in [0.15, 0.2) is 0 Å². The number of amides is 1. The molecule has 3 heterocycles. The summed E-state index contributed by atoms with van der Waals surface area (Å²) in [6.07, 6.45) is 4.99. The third-order valence-electron chi connectivity index (χ3n) is 4.17. The van der Waals surface area contributed by atoms with Crippen LogP contribution in [0, 0.1) is 6.92 Å². The topological polar surface area (TPSA) is 60.1 Å². The van der Waals surface area contributed by atoms with E-state index in [2.05, 4.69) is 5.10 Å². The summed E-state index contributed by atoms with van der Waals surface area (Å²) in [5, 5.41) is 5.12. The average molecular weight is 288 g/mol. The lowest BCUT2D eigenvalue weighted by molar-refractivity contribution is -0.132. The first-order valence-corrected chi connectivity index (χ1v) is 7.38. The van der Waals surface area contributed by atoms with Crippen LogP contribution in [0.15, 0.2) is 17.1 Å². The molecule has 6 nitrogen and oxygen atoms in total. The molecule has 0 aromatic carbocycles. The van der Waals surface area contributed by atoms with Gasteiger partial charge in [-0.25, -0.2) is 0 Å². The van der Waals surface area contributed by atoms with Crippen LogP contribution in [-0.2, 0) is 18.4 Å². The quantitative estimate of drug-likeness (QED) is 0.830. The van der Waals surface area contributed by atoms with Gasteiger partial charge in [0.05, 0.1) is 5.69 Å². The zero-order valence-electron chi connectivity index (χ0n) is 12.5. The van der Waals surface area contributed by atoms with E-state index in [9.17, 15) is 9.59 Å². The summed E-state index contributed by atoms with van der Waals surface area (Å²) in [5.74, 6) is 0.0232. The van der Waals surface area contributed by atoms with Crippen molar-refractivity contribution in [1.29, 1.82) is 0 Å². The van der Waals surface area contributed by atoms with Crippen LogP contribution in [0.2, 0.25) is 0 Å². The maximum absolute atomic E-state index is 12.5. The van der Waals surface area contributed by atoms with Gasteiger partial charge in [-0.05, 0) is 32.3 Å². The monoisotopic (exact) mass is 288 g/mol. The molecule has 1 aliphatic rings. The highest BCUT2D eigenvalue weighted by Crippen LogP contribution is 2.13. The fourth-order valence-corrected chi connectivity index (χ4v) is 3.01. The Kier molecular flexibility index (Phi) is 3.53. The Morgan fingerprint density at radius 3 is 2.71 bits per heavy atom. The van der Waals surface area contributed by atoms with Gasteiger partial charge in [-0.2, -0.15) is 5.10 Å². The van der Waals surface area contributed by atoms with Crippen molar-refractivity contribution in [3.63, 3.8) is 0 Å². The molecule has 1 saturated heterocycles. The summed E-state index contributed by atoms with van der Waals surface area (Å²) in [6.45, 7) is 3.60. The second-order valence-electron chi connectivity index (χ2n) is 5.66. The predicted octanol–water partition coefficient (Wildman–Crippen LogP) is 1.06. The minimum atomic E-state index is -0.152. The van der Waals surface area contributed by atoms with Gasteiger partial charge >= 0.3 is 0 Å². The molecule has 21 heavy (non-hydrogen) atoms. The van der Waals surface area contributed by atoms with E-state index in [1.807, 2.05) is 17.9 Å². The third kappa shape index (κ3) is 2.46. The Labute approximate surface area is 123 Å². The standard InChI is InChI=1S/C15H20N4O2/c1-11-12-6-9-19(15(21)14(12)17(2)16-11)10-13(20)18-7-4-3-5-8-18/h6,9H,3-5,7-8,10H2,1-2H3. The number of hydrogen-bond acceptors (Lipinski definition) is 3. The minimum Gasteiger partial charge on any atom is -0.341 e. The van der Waals surface area contributed by atoms with Crippen LogP contribution in [0.5, 0.6) is 0 Å². The molecule has 3 rings (SSSR count). The molecule has 6 heteroatoms. The molecule has 0 unspecified atom stereocenters.